The molecule has 6 rings (SSSR count). The number of hydrogen-bond donors (Lipinski definition) is 7. The lowest BCUT2D eigenvalue weighted by molar-refractivity contribution is 0.0826. The van der Waals surface area contributed by atoms with Crippen LogP contribution in [0.5, 0.6) is 11.5 Å². The van der Waals surface area contributed by atoms with Crippen molar-refractivity contribution in [3.05, 3.63) is 123 Å². The van der Waals surface area contributed by atoms with Crippen LogP contribution < -0.4 is 32.0 Å². The highest BCUT2D eigenvalue weighted by atomic mass is 35.5. The number of phenols is 1. The first-order valence-corrected chi connectivity index (χ1v) is 18.8. The number of halogens is 1. The molecule has 8 N–H and O–H groups in total. The number of aliphatic hydroxyl groups excluding tert-OH is 1. The third kappa shape index (κ3) is 10.0. The molecule has 12 nitrogen and oxygen atoms in total. The number of ether oxygens (including phenoxy) is 2. The van der Waals surface area contributed by atoms with E-state index in [1.165, 1.54) is 19.2 Å². The highest BCUT2D eigenvalue weighted by molar-refractivity contribution is 6.34. The molecule has 0 spiro atoms. The fraction of sp³-hybridized carbons (Fsp3) is 0.310. The molecule has 2 amide bonds. The molecule has 5 aromatic rings. The summed E-state index contributed by atoms with van der Waals surface area (Å²) in [7, 11) is 1.50. The standard InChI is InChI=1S/C42H46ClN5O7/c1-54-38-22-33(34(43)21-27(38)23-45-24-37(50)31-15-17-36(49)40-32(31)16-18-39(51)48-40)41(52)46-19-5-6-25-9-14-30(26-7-3-2-4-8-26)35(20-25)47-42(53)55-29-12-10-28(44)11-13-29/h2-4,7-9,14-18,20-22,28-29,37,45,49-50H,5-6,10-13,19,23-24,44H2,1H3,(H,46,52)(H,47,53)(H,48,51)/t28?,29?,37-/m0/s1. The van der Waals surface area contributed by atoms with Crippen molar-refractivity contribution in [2.24, 2.45) is 5.73 Å². The lowest BCUT2D eigenvalue weighted by Crippen LogP contribution is -2.32. The molecule has 0 unspecified atom stereocenters. The Morgan fingerprint density at radius 3 is 2.55 bits per heavy atom. The van der Waals surface area contributed by atoms with Gasteiger partial charge in [-0.3, -0.25) is 14.9 Å². The van der Waals surface area contributed by atoms with E-state index in [2.05, 4.69) is 20.9 Å². The zero-order chi connectivity index (χ0) is 38.9. The number of aliphatic hydroxyl groups is 1. The molecule has 1 fully saturated rings. The number of fused-ring (bicyclic) bond motifs is 1. The highest BCUT2D eigenvalue weighted by Gasteiger charge is 2.23. The van der Waals surface area contributed by atoms with Gasteiger partial charge in [0.1, 0.15) is 17.6 Å². The number of anilines is 1. The minimum atomic E-state index is -0.951. The Hall–Kier alpha value is -5.40. The SMILES string of the molecule is COc1cc(C(=O)NCCCc2ccc(-c3ccccc3)c(NC(=O)OC3CCC(N)CC3)c2)c(Cl)cc1CNC[C@H](O)c1ccc(O)c2[nH]c(=O)ccc12. The molecule has 1 aliphatic rings. The average molecular weight is 768 g/mol. The van der Waals surface area contributed by atoms with E-state index in [0.717, 1.165) is 42.4 Å². The minimum Gasteiger partial charge on any atom is -0.506 e. The number of pyridine rings is 1. The number of nitrogens with two attached hydrogens (primary N) is 1. The van der Waals surface area contributed by atoms with E-state index in [0.29, 0.717) is 47.3 Å². The van der Waals surface area contributed by atoms with E-state index in [4.69, 9.17) is 26.8 Å². The van der Waals surface area contributed by atoms with E-state index in [1.807, 2.05) is 48.5 Å². The largest absolute Gasteiger partial charge is 0.506 e. The first-order valence-electron chi connectivity index (χ1n) is 18.4. The van der Waals surface area contributed by atoms with Gasteiger partial charge in [0.15, 0.2) is 0 Å². The lowest BCUT2D eigenvalue weighted by atomic mass is 9.94. The number of benzene rings is 4. The summed E-state index contributed by atoms with van der Waals surface area (Å²) in [4.78, 5) is 40.5. The Morgan fingerprint density at radius 1 is 1.00 bits per heavy atom. The van der Waals surface area contributed by atoms with Gasteiger partial charge >= 0.3 is 6.09 Å². The van der Waals surface area contributed by atoms with Crippen molar-refractivity contribution in [1.82, 2.24) is 15.6 Å². The first-order chi connectivity index (χ1) is 26.6. The van der Waals surface area contributed by atoms with Crippen molar-refractivity contribution < 1.29 is 29.3 Å². The van der Waals surface area contributed by atoms with Crippen LogP contribution in [-0.4, -0.2) is 59.5 Å². The molecule has 13 heteroatoms. The van der Waals surface area contributed by atoms with Crippen molar-refractivity contribution in [2.75, 3.05) is 25.5 Å². The summed E-state index contributed by atoms with van der Waals surface area (Å²) in [6, 6.07) is 25.1. The number of hydrogen-bond acceptors (Lipinski definition) is 9. The maximum absolute atomic E-state index is 13.2. The third-order valence-corrected chi connectivity index (χ3v) is 10.2. The number of aromatic hydroxyl groups is 1. The highest BCUT2D eigenvalue weighted by Crippen LogP contribution is 2.32. The Kier molecular flexibility index (Phi) is 13.1. The zero-order valence-corrected chi connectivity index (χ0v) is 31.3. The molecule has 0 aliphatic heterocycles. The molecule has 1 aliphatic carbocycles. The number of carbonyl (C=O) groups is 2. The van der Waals surface area contributed by atoms with Gasteiger partial charge in [-0.25, -0.2) is 4.79 Å². The number of H-pyrrole nitrogens is 1. The summed E-state index contributed by atoms with van der Waals surface area (Å²) < 4.78 is 11.3. The summed E-state index contributed by atoms with van der Waals surface area (Å²) in [5.74, 6) is 0.0224. The van der Waals surface area contributed by atoms with Crippen molar-refractivity contribution in [1.29, 1.82) is 0 Å². The molecule has 1 atom stereocenters. The zero-order valence-electron chi connectivity index (χ0n) is 30.6. The number of aromatic amines is 1. The number of aromatic nitrogens is 1. The van der Waals surface area contributed by atoms with Crippen molar-refractivity contribution in [2.45, 2.75) is 63.3 Å². The molecule has 288 valence electrons. The average Bonchev–Trinajstić information content (AvgIpc) is 3.18. The second-order valence-corrected chi connectivity index (χ2v) is 14.2. The van der Waals surface area contributed by atoms with Gasteiger partial charge in [-0.2, -0.15) is 0 Å². The van der Waals surface area contributed by atoms with Crippen LogP contribution in [0.1, 0.15) is 65.3 Å². The predicted octanol–water partition coefficient (Wildman–Crippen LogP) is 6.57. The predicted molar refractivity (Wildman–Crippen MR) is 214 cm³/mol. The maximum Gasteiger partial charge on any atom is 0.411 e. The summed E-state index contributed by atoms with van der Waals surface area (Å²) in [6.07, 6.45) is 2.86. The molecule has 0 saturated heterocycles. The molecule has 1 saturated carbocycles. The van der Waals surface area contributed by atoms with Crippen LogP contribution in [0.2, 0.25) is 5.02 Å². The van der Waals surface area contributed by atoms with E-state index >= 15 is 0 Å². The number of amides is 2. The van der Waals surface area contributed by atoms with E-state index in [9.17, 15) is 24.6 Å². The van der Waals surface area contributed by atoms with E-state index in [1.54, 1.807) is 24.3 Å². The van der Waals surface area contributed by atoms with E-state index in [-0.39, 0.29) is 58.6 Å². The molecule has 1 aromatic heterocycles. The fourth-order valence-corrected chi connectivity index (χ4v) is 7.18. The van der Waals surface area contributed by atoms with Gasteiger partial charge in [0.2, 0.25) is 5.56 Å². The van der Waals surface area contributed by atoms with Crippen LogP contribution in [0.3, 0.4) is 0 Å². The fourth-order valence-electron chi connectivity index (χ4n) is 6.91. The Labute approximate surface area is 324 Å². The van der Waals surface area contributed by atoms with Gasteiger partial charge in [0, 0.05) is 48.3 Å². The molecule has 0 bridgehead atoms. The quantitative estimate of drug-likeness (QED) is 0.0614. The molecule has 1 heterocycles. The molecular weight excluding hydrogens is 722 g/mol. The van der Waals surface area contributed by atoms with Crippen LogP contribution >= 0.6 is 11.6 Å². The van der Waals surface area contributed by atoms with Crippen molar-refractivity contribution >= 4 is 40.2 Å². The van der Waals surface area contributed by atoms with Crippen molar-refractivity contribution in [3.63, 3.8) is 0 Å². The Morgan fingerprint density at radius 2 is 1.78 bits per heavy atom. The Bertz CT molecular complexity index is 2190. The summed E-state index contributed by atoms with van der Waals surface area (Å²) in [5, 5.41) is 31.0. The number of methoxy groups -OCH3 is 1. The van der Waals surface area contributed by atoms with Crippen LogP contribution in [0.25, 0.3) is 22.0 Å². The number of phenolic OH excluding ortho intramolecular Hbond substituents is 1. The molecule has 55 heavy (non-hydrogen) atoms. The van der Waals surface area contributed by atoms with Crippen LogP contribution in [-0.2, 0) is 17.7 Å². The minimum absolute atomic E-state index is 0.0859. The topological polar surface area (TPSA) is 188 Å². The normalized spacial score (nSPS) is 16.0. The smallest absolute Gasteiger partial charge is 0.411 e. The second-order valence-electron chi connectivity index (χ2n) is 13.7. The van der Waals surface area contributed by atoms with Crippen molar-refractivity contribution in [3.8, 4) is 22.6 Å². The summed E-state index contributed by atoms with van der Waals surface area (Å²) in [6.45, 7) is 0.809. The second kappa shape index (κ2) is 18.3. The summed E-state index contributed by atoms with van der Waals surface area (Å²) >= 11 is 6.59. The Balaban J connectivity index is 1.03. The summed E-state index contributed by atoms with van der Waals surface area (Å²) in [5.41, 5.74) is 10.9. The number of rotatable bonds is 14. The molecule has 4 aromatic carbocycles. The van der Waals surface area contributed by atoms with Crippen LogP contribution in [0.4, 0.5) is 10.5 Å². The number of carbonyl (C=O) groups excluding carboxylic acids is 2. The van der Waals surface area contributed by atoms with Crippen LogP contribution in [0, 0.1) is 0 Å². The van der Waals surface area contributed by atoms with Gasteiger partial charge in [-0.15, -0.1) is 0 Å². The maximum atomic E-state index is 13.2. The first kappa shape index (κ1) is 39.3. The van der Waals surface area contributed by atoms with Gasteiger partial charge in [-0.05, 0) is 85.5 Å². The lowest BCUT2D eigenvalue weighted by Gasteiger charge is -2.26. The number of aryl methyl sites for hydroxylation is 1. The number of nitrogens with one attached hydrogen (secondary N) is 4. The molecule has 0 radical (unpaired) electrons. The monoisotopic (exact) mass is 767 g/mol. The van der Waals surface area contributed by atoms with Gasteiger partial charge in [-0.1, -0.05) is 60.1 Å². The van der Waals surface area contributed by atoms with E-state index < -0.39 is 12.2 Å². The van der Waals surface area contributed by atoms with Crippen LogP contribution in [0.15, 0.2) is 89.7 Å². The van der Waals surface area contributed by atoms with Gasteiger partial charge in [0.05, 0.1) is 35.0 Å². The third-order valence-electron chi connectivity index (χ3n) is 9.86. The van der Waals surface area contributed by atoms with Gasteiger partial charge < -0.3 is 41.0 Å². The van der Waals surface area contributed by atoms with Gasteiger partial charge in [0.25, 0.3) is 5.91 Å². The molecular formula is C42H46ClN5O7.